The van der Waals surface area contributed by atoms with E-state index in [2.05, 4.69) is 20.8 Å². The van der Waals surface area contributed by atoms with Crippen LogP contribution >= 0.6 is 0 Å². The fourth-order valence-electron chi connectivity index (χ4n) is 3.18. The number of unbranched alkanes of at least 4 members (excludes halogenated alkanes) is 3. The molecule has 114 valence electrons. The maximum absolute atomic E-state index is 11.5. The molecule has 0 radical (unpaired) electrons. The van der Waals surface area contributed by atoms with Gasteiger partial charge in [0.25, 0.3) is 0 Å². The van der Waals surface area contributed by atoms with Gasteiger partial charge in [-0.05, 0) is 30.6 Å². The lowest BCUT2D eigenvalue weighted by Crippen LogP contribution is -2.41. The molecule has 0 saturated carbocycles. The van der Waals surface area contributed by atoms with Gasteiger partial charge in [0.1, 0.15) is 0 Å². The summed E-state index contributed by atoms with van der Waals surface area (Å²) < 4.78 is 24.7. The molecule has 0 aromatic carbocycles. The molecule has 1 heterocycles. The van der Waals surface area contributed by atoms with Gasteiger partial charge in [0.05, 0.1) is 6.26 Å². The Kier molecular flexibility index (Phi) is 6.31. The van der Waals surface area contributed by atoms with Crippen molar-refractivity contribution < 1.29 is 8.42 Å². The molecule has 1 saturated heterocycles. The predicted octanol–water partition coefficient (Wildman–Crippen LogP) is 3.65. The second kappa shape index (κ2) is 7.07. The first-order valence-corrected chi connectivity index (χ1v) is 9.57. The number of nitrogens with zero attached hydrogens (tertiary/aromatic N) is 1. The number of hydrogen-bond donors (Lipinski definition) is 0. The van der Waals surface area contributed by atoms with Crippen LogP contribution in [-0.4, -0.2) is 32.1 Å². The molecule has 0 unspecified atom stereocenters. The normalized spacial score (nSPS) is 19.8. The molecule has 0 atom stereocenters. The Morgan fingerprint density at radius 2 is 1.68 bits per heavy atom. The Hall–Kier alpha value is -0.0900. The minimum absolute atomic E-state index is 0.358. The van der Waals surface area contributed by atoms with E-state index < -0.39 is 10.0 Å². The van der Waals surface area contributed by atoms with Crippen LogP contribution in [-0.2, 0) is 10.0 Å². The van der Waals surface area contributed by atoms with Gasteiger partial charge in [-0.2, -0.15) is 0 Å². The molecular formula is C15H31NO2S. The van der Waals surface area contributed by atoms with Gasteiger partial charge < -0.3 is 0 Å². The van der Waals surface area contributed by atoms with Crippen molar-refractivity contribution in [2.75, 3.05) is 19.3 Å². The Balaban J connectivity index is 2.40. The second-order valence-corrected chi connectivity index (χ2v) is 8.72. The molecule has 0 aromatic rings. The summed E-state index contributed by atoms with van der Waals surface area (Å²) in [7, 11) is -2.99. The van der Waals surface area contributed by atoms with E-state index in [4.69, 9.17) is 0 Å². The van der Waals surface area contributed by atoms with Crippen LogP contribution in [0.15, 0.2) is 0 Å². The maximum Gasteiger partial charge on any atom is 0.211 e. The Morgan fingerprint density at radius 1 is 1.11 bits per heavy atom. The third-order valence-corrected chi connectivity index (χ3v) is 6.01. The van der Waals surface area contributed by atoms with Crippen LogP contribution in [0.4, 0.5) is 0 Å². The summed E-state index contributed by atoms with van der Waals surface area (Å²) in [5.74, 6) is 0.673. The van der Waals surface area contributed by atoms with Gasteiger partial charge in [-0.25, -0.2) is 12.7 Å². The fraction of sp³-hybridized carbons (Fsp3) is 1.00. The zero-order valence-corrected chi connectivity index (χ0v) is 13.9. The van der Waals surface area contributed by atoms with Gasteiger partial charge in [-0.3, -0.25) is 0 Å². The molecule has 1 fully saturated rings. The largest absolute Gasteiger partial charge is 0.213 e. The van der Waals surface area contributed by atoms with Gasteiger partial charge >= 0.3 is 0 Å². The maximum atomic E-state index is 11.5. The molecular weight excluding hydrogens is 258 g/mol. The van der Waals surface area contributed by atoms with Crippen molar-refractivity contribution in [2.45, 2.75) is 65.7 Å². The van der Waals surface area contributed by atoms with E-state index >= 15 is 0 Å². The Morgan fingerprint density at radius 3 is 2.16 bits per heavy atom. The number of hydrogen-bond acceptors (Lipinski definition) is 2. The molecule has 3 nitrogen and oxygen atoms in total. The molecule has 4 heteroatoms. The first kappa shape index (κ1) is 17.0. The van der Waals surface area contributed by atoms with Crippen molar-refractivity contribution in [3.05, 3.63) is 0 Å². The molecule has 1 rings (SSSR count). The van der Waals surface area contributed by atoms with E-state index in [1.54, 1.807) is 4.31 Å². The van der Waals surface area contributed by atoms with E-state index in [1.165, 1.54) is 38.4 Å². The zero-order valence-electron chi connectivity index (χ0n) is 13.1. The van der Waals surface area contributed by atoms with E-state index in [0.717, 1.165) is 12.8 Å². The van der Waals surface area contributed by atoms with Crippen LogP contribution in [0.3, 0.4) is 0 Å². The number of sulfonamides is 1. The highest BCUT2D eigenvalue weighted by Gasteiger charge is 2.33. The lowest BCUT2D eigenvalue weighted by Gasteiger charge is -2.40. The molecule has 1 aliphatic heterocycles. The summed E-state index contributed by atoms with van der Waals surface area (Å²) in [5, 5.41) is 0. The molecule has 0 bridgehead atoms. The van der Waals surface area contributed by atoms with E-state index in [9.17, 15) is 8.42 Å². The molecule has 0 aromatic heterocycles. The first-order chi connectivity index (χ1) is 8.77. The molecule has 0 N–H and O–H groups in total. The lowest BCUT2D eigenvalue weighted by molar-refractivity contribution is 0.124. The summed E-state index contributed by atoms with van der Waals surface area (Å²) in [6, 6.07) is 0. The van der Waals surface area contributed by atoms with E-state index in [-0.39, 0.29) is 0 Å². The monoisotopic (exact) mass is 289 g/mol. The van der Waals surface area contributed by atoms with Crippen molar-refractivity contribution in [1.82, 2.24) is 4.31 Å². The van der Waals surface area contributed by atoms with Crippen LogP contribution in [0.5, 0.6) is 0 Å². The third-order valence-electron chi connectivity index (χ3n) is 4.70. The van der Waals surface area contributed by atoms with E-state index in [0.29, 0.717) is 24.4 Å². The van der Waals surface area contributed by atoms with Gasteiger partial charge in [0.15, 0.2) is 0 Å². The standard InChI is InChI=1S/C15H31NO2S/c1-5-6-7-8-11-15(2,3)14-9-12-16(13-10-14)19(4,17)18/h14H,5-13H2,1-4H3. The Bertz CT molecular complexity index is 354. The van der Waals surface area contributed by atoms with Crippen molar-refractivity contribution in [3.63, 3.8) is 0 Å². The zero-order chi connectivity index (χ0) is 14.5. The highest BCUT2D eigenvalue weighted by atomic mass is 32.2. The molecule has 0 spiro atoms. The van der Waals surface area contributed by atoms with E-state index in [1.807, 2.05) is 0 Å². The highest BCUT2D eigenvalue weighted by molar-refractivity contribution is 7.88. The van der Waals surface area contributed by atoms with Gasteiger partial charge in [0, 0.05) is 13.1 Å². The lowest BCUT2D eigenvalue weighted by atomic mass is 9.71. The Labute approximate surface area is 119 Å². The number of piperidine rings is 1. The fourth-order valence-corrected chi connectivity index (χ4v) is 4.05. The van der Waals surface area contributed by atoms with Gasteiger partial charge in [-0.15, -0.1) is 0 Å². The minimum atomic E-state index is -2.99. The van der Waals surface area contributed by atoms with Crippen LogP contribution in [0.25, 0.3) is 0 Å². The summed E-state index contributed by atoms with van der Waals surface area (Å²) in [6.45, 7) is 8.38. The van der Waals surface area contributed by atoms with Crippen molar-refractivity contribution in [3.8, 4) is 0 Å². The average molecular weight is 289 g/mol. The minimum Gasteiger partial charge on any atom is -0.213 e. The SMILES string of the molecule is CCCCCCC(C)(C)C1CCN(S(C)(=O)=O)CC1. The smallest absolute Gasteiger partial charge is 0.211 e. The second-order valence-electron chi connectivity index (χ2n) is 6.74. The quantitative estimate of drug-likeness (QED) is 0.671. The molecule has 0 aliphatic carbocycles. The van der Waals surface area contributed by atoms with Crippen LogP contribution in [0.2, 0.25) is 0 Å². The summed E-state index contributed by atoms with van der Waals surface area (Å²) in [5.41, 5.74) is 0.358. The van der Waals surface area contributed by atoms with Gasteiger partial charge in [-0.1, -0.05) is 46.5 Å². The molecule has 1 aliphatic rings. The highest BCUT2D eigenvalue weighted by Crippen LogP contribution is 2.39. The number of rotatable bonds is 7. The predicted molar refractivity (Wildman–Crippen MR) is 81.7 cm³/mol. The molecule has 19 heavy (non-hydrogen) atoms. The van der Waals surface area contributed by atoms with Crippen LogP contribution in [0.1, 0.15) is 65.7 Å². The topological polar surface area (TPSA) is 37.4 Å². The van der Waals surface area contributed by atoms with Crippen LogP contribution in [0, 0.1) is 11.3 Å². The average Bonchev–Trinajstić information content (AvgIpc) is 2.34. The van der Waals surface area contributed by atoms with Crippen LogP contribution < -0.4 is 0 Å². The first-order valence-electron chi connectivity index (χ1n) is 7.72. The third kappa shape index (κ3) is 5.42. The van der Waals surface area contributed by atoms with Crippen molar-refractivity contribution >= 4 is 10.0 Å². The van der Waals surface area contributed by atoms with Crippen molar-refractivity contribution in [2.24, 2.45) is 11.3 Å². The summed E-state index contributed by atoms with van der Waals surface area (Å²) in [6.07, 6.45) is 9.91. The van der Waals surface area contributed by atoms with Crippen molar-refractivity contribution in [1.29, 1.82) is 0 Å². The summed E-state index contributed by atoms with van der Waals surface area (Å²) in [4.78, 5) is 0. The van der Waals surface area contributed by atoms with Gasteiger partial charge in [0.2, 0.25) is 10.0 Å². The summed E-state index contributed by atoms with van der Waals surface area (Å²) >= 11 is 0. The molecule has 0 amide bonds.